The van der Waals surface area contributed by atoms with Gasteiger partial charge in [0.25, 0.3) is 0 Å². The van der Waals surface area contributed by atoms with Crippen LogP contribution in [0.15, 0.2) is 30.6 Å². The van der Waals surface area contributed by atoms with Crippen LogP contribution in [0.3, 0.4) is 0 Å². The molecular weight excluding hydrogens is 260 g/mol. The van der Waals surface area contributed by atoms with E-state index in [2.05, 4.69) is 15.4 Å². The van der Waals surface area contributed by atoms with Crippen LogP contribution in [0.2, 0.25) is 0 Å². The zero-order valence-electron chi connectivity index (χ0n) is 11.1. The Morgan fingerprint density at radius 3 is 3.10 bits per heavy atom. The van der Waals surface area contributed by atoms with Crippen molar-refractivity contribution in [2.24, 2.45) is 0 Å². The van der Waals surface area contributed by atoms with Gasteiger partial charge in [0.2, 0.25) is 0 Å². The molecule has 0 fully saturated rings. The number of anilines is 1. The topological polar surface area (TPSA) is 89.3 Å². The monoisotopic (exact) mass is 276 g/mol. The first-order chi connectivity index (χ1) is 9.69. The Labute approximate surface area is 116 Å². The number of carboxylic acid groups (broad SMARTS) is 1. The second-order valence-corrected chi connectivity index (χ2v) is 4.17. The molecule has 0 aliphatic carbocycles. The maximum Gasteiger partial charge on any atom is 0.354 e. The SMILES string of the molecule is COCCn1cc(CNc2cccc(C(=O)O)n2)cn1. The fourth-order valence-corrected chi connectivity index (χ4v) is 1.65. The third-order valence-electron chi connectivity index (χ3n) is 2.65. The largest absolute Gasteiger partial charge is 0.477 e. The smallest absolute Gasteiger partial charge is 0.354 e. The number of aromatic nitrogens is 3. The highest BCUT2D eigenvalue weighted by molar-refractivity contribution is 5.85. The Morgan fingerprint density at radius 2 is 2.35 bits per heavy atom. The number of carbonyl (C=O) groups is 1. The van der Waals surface area contributed by atoms with Crippen molar-refractivity contribution in [1.82, 2.24) is 14.8 Å². The molecule has 2 rings (SSSR count). The molecule has 0 saturated carbocycles. The van der Waals surface area contributed by atoms with Gasteiger partial charge in [-0.3, -0.25) is 4.68 Å². The number of aromatic carboxylic acids is 1. The van der Waals surface area contributed by atoms with Gasteiger partial charge < -0.3 is 15.2 Å². The first-order valence-electron chi connectivity index (χ1n) is 6.13. The maximum atomic E-state index is 10.8. The van der Waals surface area contributed by atoms with E-state index in [0.29, 0.717) is 25.5 Å². The van der Waals surface area contributed by atoms with Gasteiger partial charge in [-0.05, 0) is 12.1 Å². The van der Waals surface area contributed by atoms with E-state index >= 15 is 0 Å². The fraction of sp³-hybridized carbons (Fsp3) is 0.308. The van der Waals surface area contributed by atoms with Crippen molar-refractivity contribution in [1.29, 1.82) is 0 Å². The second-order valence-electron chi connectivity index (χ2n) is 4.17. The lowest BCUT2D eigenvalue weighted by Gasteiger charge is -2.04. The molecule has 2 aromatic rings. The molecule has 7 nitrogen and oxygen atoms in total. The summed E-state index contributed by atoms with van der Waals surface area (Å²) in [4.78, 5) is 14.8. The molecule has 20 heavy (non-hydrogen) atoms. The molecule has 7 heteroatoms. The number of pyridine rings is 1. The maximum absolute atomic E-state index is 10.8. The summed E-state index contributed by atoms with van der Waals surface area (Å²) >= 11 is 0. The predicted molar refractivity (Wildman–Crippen MR) is 72.6 cm³/mol. The summed E-state index contributed by atoms with van der Waals surface area (Å²) in [7, 11) is 1.65. The molecule has 0 aliphatic heterocycles. The molecule has 2 heterocycles. The Morgan fingerprint density at radius 1 is 1.50 bits per heavy atom. The molecule has 2 aromatic heterocycles. The van der Waals surface area contributed by atoms with Crippen LogP contribution in [0.4, 0.5) is 5.82 Å². The van der Waals surface area contributed by atoms with E-state index in [4.69, 9.17) is 9.84 Å². The Balaban J connectivity index is 1.93. The summed E-state index contributed by atoms with van der Waals surface area (Å²) in [5, 5.41) is 16.1. The number of methoxy groups -OCH3 is 1. The molecule has 0 radical (unpaired) electrons. The molecule has 0 aromatic carbocycles. The number of nitrogens with zero attached hydrogens (tertiary/aromatic N) is 3. The Kier molecular flexibility index (Phi) is 4.67. The Bertz CT molecular complexity index is 583. The van der Waals surface area contributed by atoms with E-state index in [0.717, 1.165) is 5.56 Å². The van der Waals surface area contributed by atoms with E-state index < -0.39 is 5.97 Å². The zero-order valence-corrected chi connectivity index (χ0v) is 11.1. The van der Waals surface area contributed by atoms with E-state index in [-0.39, 0.29) is 5.69 Å². The minimum atomic E-state index is -1.04. The van der Waals surface area contributed by atoms with Crippen LogP contribution in [0, 0.1) is 0 Å². The van der Waals surface area contributed by atoms with Gasteiger partial charge in [0, 0.05) is 25.4 Å². The molecule has 0 amide bonds. The van der Waals surface area contributed by atoms with Gasteiger partial charge in [-0.2, -0.15) is 5.10 Å². The summed E-state index contributed by atoms with van der Waals surface area (Å²) < 4.78 is 6.77. The van der Waals surface area contributed by atoms with Crippen LogP contribution < -0.4 is 5.32 Å². The Hall–Kier alpha value is -2.41. The van der Waals surface area contributed by atoms with Crippen molar-refractivity contribution in [3.63, 3.8) is 0 Å². The summed E-state index contributed by atoms with van der Waals surface area (Å²) in [6.07, 6.45) is 3.66. The van der Waals surface area contributed by atoms with Gasteiger partial charge in [0.05, 0.1) is 19.3 Å². The normalized spacial score (nSPS) is 10.4. The lowest BCUT2D eigenvalue weighted by molar-refractivity contribution is 0.0690. The molecular formula is C13H16N4O3. The van der Waals surface area contributed by atoms with Gasteiger partial charge in [-0.1, -0.05) is 6.07 Å². The first-order valence-corrected chi connectivity index (χ1v) is 6.13. The number of nitrogens with one attached hydrogen (secondary N) is 1. The molecule has 0 saturated heterocycles. The van der Waals surface area contributed by atoms with Gasteiger partial charge in [0.15, 0.2) is 5.69 Å². The number of carboxylic acids is 1. The average molecular weight is 276 g/mol. The third kappa shape index (κ3) is 3.79. The highest BCUT2D eigenvalue weighted by Gasteiger charge is 2.05. The van der Waals surface area contributed by atoms with Crippen LogP contribution in [-0.2, 0) is 17.8 Å². The van der Waals surface area contributed by atoms with Gasteiger partial charge in [0.1, 0.15) is 5.82 Å². The van der Waals surface area contributed by atoms with E-state index in [1.807, 2.05) is 6.20 Å². The average Bonchev–Trinajstić information content (AvgIpc) is 2.91. The fourth-order valence-electron chi connectivity index (χ4n) is 1.65. The summed E-state index contributed by atoms with van der Waals surface area (Å²) in [6, 6.07) is 4.83. The van der Waals surface area contributed by atoms with Crippen LogP contribution >= 0.6 is 0 Å². The van der Waals surface area contributed by atoms with Crippen LogP contribution in [0.1, 0.15) is 16.1 Å². The van der Waals surface area contributed by atoms with Crippen molar-refractivity contribution < 1.29 is 14.6 Å². The second kappa shape index (κ2) is 6.67. The third-order valence-corrected chi connectivity index (χ3v) is 2.65. The van der Waals surface area contributed by atoms with E-state index in [1.54, 1.807) is 30.1 Å². The van der Waals surface area contributed by atoms with Crippen LogP contribution in [0.25, 0.3) is 0 Å². The number of hydrogen-bond acceptors (Lipinski definition) is 5. The van der Waals surface area contributed by atoms with Crippen molar-refractivity contribution in [3.05, 3.63) is 41.9 Å². The van der Waals surface area contributed by atoms with Crippen LogP contribution in [-0.4, -0.2) is 39.6 Å². The van der Waals surface area contributed by atoms with Crippen molar-refractivity contribution in [2.75, 3.05) is 19.0 Å². The van der Waals surface area contributed by atoms with Gasteiger partial charge in [-0.15, -0.1) is 0 Å². The minimum absolute atomic E-state index is 0.0192. The molecule has 0 aliphatic rings. The first kappa shape index (κ1) is 14.0. The van der Waals surface area contributed by atoms with Crippen molar-refractivity contribution >= 4 is 11.8 Å². The molecule has 0 bridgehead atoms. The van der Waals surface area contributed by atoms with Gasteiger partial charge in [-0.25, -0.2) is 9.78 Å². The van der Waals surface area contributed by atoms with Crippen molar-refractivity contribution in [3.8, 4) is 0 Å². The molecule has 0 spiro atoms. The molecule has 0 unspecified atom stereocenters. The molecule has 2 N–H and O–H groups in total. The zero-order chi connectivity index (χ0) is 14.4. The summed E-state index contributed by atoms with van der Waals surface area (Å²) in [5.41, 5.74) is 1.01. The predicted octanol–water partition coefficient (Wildman–Crippen LogP) is 1.23. The molecule has 106 valence electrons. The number of hydrogen-bond donors (Lipinski definition) is 2. The quantitative estimate of drug-likeness (QED) is 0.790. The highest BCUT2D eigenvalue weighted by atomic mass is 16.5. The standard InChI is InChI=1S/C13H16N4O3/c1-20-6-5-17-9-10(8-15-17)7-14-12-4-2-3-11(16-12)13(18)19/h2-4,8-9H,5-7H2,1H3,(H,14,16)(H,18,19). The summed E-state index contributed by atoms with van der Waals surface area (Å²) in [5.74, 6) is -0.518. The lowest BCUT2D eigenvalue weighted by Crippen LogP contribution is -2.06. The van der Waals surface area contributed by atoms with Crippen LogP contribution in [0.5, 0.6) is 0 Å². The number of ether oxygens (including phenoxy) is 1. The molecule has 0 atom stereocenters. The summed E-state index contributed by atoms with van der Waals surface area (Å²) in [6.45, 7) is 1.84. The van der Waals surface area contributed by atoms with Crippen molar-refractivity contribution in [2.45, 2.75) is 13.1 Å². The minimum Gasteiger partial charge on any atom is -0.477 e. The van der Waals surface area contributed by atoms with Gasteiger partial charge >= 0.3 is 5.97 Å². The number of rotatable bonds is 7. The van der Waals surface area contributed by atoms with E-state index in [1.165, 1.54) is 6.07 Å². The highest BCUT2D eigenvalue weighted by Crippen LogP contribution is 2.07. The van der Waals surface area contributed by atoms with E-state index in [9.17, 15) is 4.79 Å². The lowest BCUT2D eigenvalue weighted by atomic mass is 10.3.